The molecule has 8 heteroatoms. The number of ether oxygens (including phenoxy) is 1. The highest BCUT2D eigenvalue weighted by Gasteiger charge is 2.28. The first-order valence-electron chi connectivity index (χ1n) is 8.24. The third-order valence-corrected chi connectivity index (χ3v) is 3.58. The molecular formula is C19H23F3IN3O. The van der Waals surface area contributed by atoms with Crippen LogP contribution in [0.1, 0.15) is 11.1 Å². The van der Waals surface area contributed by atoms with Gasteiger partial charge in [0.1, 0.15) is 5.75 Å². The lowest BCUT2D eigenvalue weighted by Crippen LogP contribution is -2.38. The van der Waals surface area contributed by atoms with Gasteiger partial charge in [-0.2, -0.15) is 13.2 Å². The van der Waals surface area contributed by atoms with Gasteiger partial charge in [0.05, 0.1) is 0 Å². The van der Waals surface area contributed by atoms with E-state index in [2.05, 4.69) is 15.6 Å². The molecule has 0 heterocycles. The molecule has 2 N–H and O–H groups in total. The molecule has 0 saturated heterocycles. The molecule has 0 atom stereocenters. The summed E-state index contributed by atoms with van der Waals surface area (Å²) in [5, 5.41) is 6.27. The first-order chi connectivity index (χ1) is 12.5. The summed E-state index contributed by atoms with van der Waals surface area (Å²) in [5.41, 5.74) is 1.84. The van der Waals surface area contributed by atoms with Crippen LogP contribution >= 0.6 is 24.0 Å². The maximum Gasteiger partial charge on any atom is 0.422 e. The van der Waals surface area contributed by atoms with Crippen molar-refractivity contribution in [3.8, 4) is 5.75 Å². The maximum atomic E-state index is 12.4. The second-order valence-corrected chi connectivity index (χ2v) is 5.60. The molecule has 2 aromatic carbocycles. The van der Waals surface area contributed by atoms with Gasteiger partial charge in [-0.3, -0.25) is 4.99 Å². The van der Waals surface area contributed by atoms with Gasteiger partial charge in [-0.05, 0) is 18.1 Å². The van der Waals surface area contributed by atoms with Crippen molar-refractivity contribution < 1.29 is 17.9 Å². The second-order valence-electron chi connectivity index (χ2n) is 5.60. The number of benzene rings is 2. The number of rotatable bonds is 7. The molecule has 2 aromatic rings. The fraction of sp³-hybridized carbons (Fsp3) is 0.316. The number of alkyl halides is 3. The topological polar surface area (TPSA) is 45.7 Å². The van der Waals surface area contributed by atoms with Crippen LogP contribution in [0.2, 0.25) is 0 Å². The highest BCUT2D eigenvalue weighted by Crippen LogP contribution is 2.22. The Kier molecular flexibility index (Phi) is 9.98. The average Bonchev–Trinajstić information content (AvgIpc) is 2.63. The predicted molar refractivity (Wildman–Crippen MR) is 112 cm³/mol. The van der Waals surface area contributed by atoms with E-state index in [1.807, 2.05) is 30.3 Å². The lowest BCUT2D eigenvalue weighted by atomic mass is 10.1. The summed E-state index contributed by atoms with van der Waals surface area (Å²) < 4.78 is 41.9. The van der Waals surface area contributed by atoms with E-state index in [9.17, 15) is 13.2 Å². The molecule has 0 spiro atoms. The molecule has 2 rings (SSSR count). The zero-order valence-corrected chi connectivity index (χ0v) is 17.3. The van der Waals surface area contributed by atoms with E-state index in [0.717, 1.165) is 6.42 Å². The second kappa shape index (κ2) is 11.7. The number of hydrogen-bond acceptors (Lipinski definition) is 2. The van der Waals surface area contributed by atoms with Crippen LogP contribution in [0.4, 0.5) is 13.2 Å². The van der Waals surface area contributed by atoms with Crippen molar-refractivity contribution in [2.75, 3.05) is 20.2 Å². The largest absolute Gasteiger partial charge is 0.484 e. The van der Waals surface area contributed by atoms with Crippen LogP contribution in [-0.4, -0.2) is 32.3 Å². The highest BCUT2D eigenvalue weighted by atomic mass is 127. The first kappa shape index (κ1) is 23.1. The number of para-hydroxylation sites is 1. The summed E-state index contributed by atoms with van der Waals surface area (Å²) in [6, 6.07) is 16.7. The van der Waals surface area contributed by atoms with Gasteiger partial charge in [-0.15, -0.1) is 24.0 Å². The Hall–Kier alpha value is -1.97. The van der Waals surface area contributed by atoms with E-state index in [0.29, 0.717) is 24.6 Å². The van der Waals surface area contributed by atoms with Crippen LogP contribution < -0.4 is 15.4 Å². The molecule has 0 unspecified atom stereocenters. The van der Waals surface area contributed by atoms with Gasteiger partial charge in [-0.1, -0.05) is 48.5 Å². The molecule has 0 bridgehead atoms. The highest BCUT2D eigenvalue weighted by molar-refractivity contribution is 14.0. The third-order valence-electron chi connectivity index (χ3n) is 3.58. The number of aliphatic imine (C=N–C) groups is 1. The molecule has 0 amide bonds. The normalized spacial score (nSPS) is 11.5. The molecule has 0 radical (unpaired) electrons. The van der Waals surface area contributed by atoms with Crippen molar-refractivity contribution in [3.63, 3.8) is 0 Å². The van der Waals surface area contributed by atoms with Crippen molar-refractivity contribution in [1.82, 2.24) is 10.6 Å². The van der Waals surface area contributed by atoms with Crippen molar-refractivity contribution in [3.05, 3.63) is 65.7 Å². The molecule has 4 nitrogen and oxygen atoms in total. The smallest absolute Gasteiger partial charge is 0.422 e. The van der Waals surface area contributed by atoms with Crippen molar-refractivity contribution in [2.24, 2.45) is 4.99 Å². The van der Waals surface area contributed by atoms with Crippen LogP contribution in [-0.2, 0) is 13.0 Å². The zero-order valence-electron chi connectivity index (χ0n) is 14.9. The summed E-state index contributed by atoms with van der Waals surface area (Å²) in [6.07, 6.45) is -3.53. The van der Waals surface area contributed by atoms with E-state index >= 15 is 0 Å². The van der Waals surface area contributed by atoms with Crippen LogP contribution in [0.5, 0.6) is 5.75 Å². The molecule has 0 aliphatic carbocycles. The quantitative estimate of drug-likeness (QED) is 0.346. The lowest BCUT2D eigenvalue weighted by molar-refractivity contribution is -0.153. The predicted octanol–water partition coefficient (Wildman–Crippen LogP) is 4.15. The minimum absolute atomic E-state index is 0. The summed E-state index contributed by atoms with van der Waals surface area (Å²) >= 11 is 0. The summed E-state index contributed by atoms with van der Waals surface area (Å²) in [4.78, 5) is 4.12. The number of halogens is 4. The average molecular weight is 493 g/mol. The minimum atomic E-state index is -4.37. The number of nitrogens with zero attached hydrogens (tertiary/aromatic N) is 1. The van der Waals surface area contributed by atoms with E-state index in [4.69, 9.17) is 4.74 Å². The lowest BCUT2D eigenvalue weighted by Gasteiger charge is -2.15. The van der Waals surface area contributed by atoms with Crippen molar-refractivity contribution in [2.45, 2.75) is 19.1 Å². The summed E-state index contributed by atoms with van der Waals surface area (Å²) in [6.45, 7) is -0.316. The van der Waals surface area contributed by atoms with Gasteiger partial charge < -0.3 is 15.4 Å². The van der Waals surface area contributed by atoms with Crippen LogP contribution in [0.15, 0.2) is 59.6 Å². The number of guanidine groups is 1. The van der Waals surface area contributed by atoms with Crippen LogP contribution in [0, 0.1) is 0 Å². The van der Waals surface area contributed by atoms with Gasteiger partial charge in [-0.25, -0.2) is 0 Å². The Morgan fingerprint density at radius 3 is 2.33 bits per heavy atom. The number of hydrogen-bond donors (Lipinski definition) is 2. The molecule has 27 heavy (non-hydrogen) atoms. The molecular weight excluding hydrogens is 470 g/mol. The van der Waals surface area contributed by atoms with E-state index in [-0.39, 0.29) is 29.7 Å². The molecule has 0 aliphatic rings. The molecule has 0 fully saturated rings. The SMILES string of the molecule is CN=C(NCCc1ccccc1)NCc1ccccc1OCC(F)(F)F.I. The maximum absolute atomic E-state index is 12.4. The minimum Gasteiger partial charge on any atom is -0.484 e. The van der Waals surface area contributed by atoms with Crippen LogP contribution in [0.25, 0.3) is 0 Å². The fourth-order valence-corrected chi connectivity index (χ4v) is 2.32. The molecule has 0 aliphatic heterocycles. The molecule has 148 valence electrons. The van der Waals surface area contributed by atoms with Gasteiger partial charge in [0, 0.05) is 25.7 Å². The summed E-state index contributed by atoms with van der Waals surface area (Å²) in [7, 11) is 1.64. The van der Waals surface area contributed by atoms with Gasteiger partial charge in [0.25, 0.3) is 0 Å². The molecule has 0 saturated carbocycles. The Labute approximate surface area is 174 Å². The standard InChI is InChI=1S/C19H22F3N3O.HI/c1-23-18(24-12-11-15-7-3-2-4-8-15)25-13-16-9-5-6-10-17(16)26-14-19(20,21)22;/h2-10H,11-14H2,1H3,(H2,23,24,25);1H. The Balaban J connectivity index is 0.00000364. The monoisotopic (exact) mass is 493 g/mol. The van der Waals surface area contributed by atoms with Gasteiger partial charge >= 0.3 is 6.18 Å². The fourth-order valence-electron chi connectivity index (χ4n) is 2.32. The van der Waals surface area contributed by atoms with Gasteiger partial charge in [0.15, 0.2) is 12.6 Å². The Bertz CT molecular complexity index is 709. The van der Waals surface area contributed by atoms with Crippen molar-refractivity contribution >= 4 is 29.9 Å². The zero-order chi connectivity index (χ0) is 18.8. The Morgan fingerprint density at radius 1 is 1.00 bits per heavy atom. The van der Waals surface area contributed by atoms with Crippen molar-refractivity contribution in [1.29, 1.82) is 0 Å². The summed E-state index contributed by atoms with van der Waals surface area (Å²) in [5.74, 6) is 0.781. The Morgan fingerprint density at radius 2 is 1.67 bits per heavy atom. The van der Waals surface area contributed by atoms with E-state index in [1.165, 1.54) is 11.6 Å². The van der Waals surface area contributed by atoms with E-state index < -0.39 is 12.8 Å². The molecule has 0 aromatic heterocycles. The number of nitrogens with one attached hydrogen (secondary N) is 2. The first-order valence-corrected chi connectivity index (χ1v) is 8.24. The van der Waals surface area contributed by atoms with Crippen LogP contribution in [0.3, 0.4) is 0 Å². The van der Waals surface area contributed by atoms with E-state index in [1.54, 1.807) is 25.2 Å². The van der Waals surface area contributed by atoms with Gasteiger partial charge in [0.2, 0.25) is 0 Å². The third kappa shape index (κ3) is 8.98.